The molecule has 2 aromatic rings. The van der Waals surface area contributed by atoms with Crippen molar-refractivity contribution < 1.29 is 4.74 Å². The molecule has 15 heavy (non-hydrogen) atoms. The molecule has 0 saturated carbocycles. The van der Waals surface area contributed by atoms with Gasteiger partial charge in [-0.15, -0.1) is 0 Å². The first kappa shape index (κ1) is 9.39. The highest BCUT2D eigenvalue weighted by molar-refractivity contribution is 5.37. The normalized spacial score (nSPS) is 9.67. The fraction of sp³-hybridized carbons (Fsp3) is 0.100. The van der Waals surface area contributed by atoms with E-state index in [1.54, 1.807) is 31.6 Å². The standard InChI is InChI=1S/C10H10N4O/c1-11-9-5-10(14-7-13-9)15-8-3-2-4-12-6-8/h2-7H,1H3,(H,11,13,14). The molecule has 0 fully saturated rings. The van der Waals surface area contributed by atoms with Crippen molar-refractivity contribution in [2.45, 2.75) is 0 Å². The number of hydrogen-bond acceptors (Lipinski definition) is 5. The number of nitrogens with one attached hydrogen (secondary N) is 1. The van der Waals surface area contributed by atoms with Gasteiger partial charge in [0.05, 0.1) is 6.20 Å². The summed E-state index contributed by atoms with van der Waals surface area (Å²) >= 11 is 0. The van der Waals surface area contributed by atoms with Crippen LogP contribution in [0.3, 0.4) is 0 Å². The van der Waals surface area contributed by atoms with E-state index in [0.29, 0.717) is 17.4 Å². The first-order valence-electron chi connectivity index (χ1n) is 4.46. The molecule has 0 amide bonds. The van der Waals surface area contributed by atoms with Crippen LogP contribution in [0.15, 0.2) is 36.9 Å². The number of rotatable bonds is 3. The molecule has 76 valence electrons. The molecule has 0 aliphatic carbocycles. The van der Waals surface area contributed by atoms with Crippen LogP contribution in [0.4, 0.5) is 5.82 Å². The second-order valence-electron chi connectivity index (χ2n) is 2.78. The second kappa shape index (κ2) is 4.36. The molecule has 0 atom stereocenters. The Balaban J connectivity index is 2.17. The highest BCUT2D eigenvalue weighted by atomic mass is 16.5. The predicted molar refractivity (Wildman–Crippen MR) is 55.9 cm³/mol. The maximum absolute atomic E-state index is 5.47. The average Bonchev–Trinajstić information content (AvgIpc) is 2.31. The molecule has 0 unspecified atom stereocenters. The largest absolute Gasteiger partial charge is 0.437 e. The van der Waals surface area contributed by atoms with Crippen LogP contribution in [0.2, 0.25) is 0 Å². The highest BCUT2D eigenvalue weighted by Gasteiger charge is 1.99. The summed E-state index contributed by atoms with van der Waals surface area (Å²) in [6, 6.07) is 5.33. The van der Waals surface area contributed by atoms with Crippen LogP contribution in [-0.2, 0) is 0 Å². The third kappa shape index (κ3) is 2.40. The minimum absolute atomic E-state index is 0.488. The second-order valence-corrected chi connectivity index (χ2v) is 2.78. The molecule has 5 nitrogen and oxygen atoms in total. The zero-order valence-electron chi connectivity index (χ0n) is 8.21. The summed E-state index contributed by atoms with van der Waals surface area (Å²) in [5, 5.41) is 2.91. The summed E-state index contributed by atoms with van der Waals surface area (Å²) in [6.45, 7) is 0. The molecule has 2 rings (SSSR count). The maximum atomic E-state index is 5.47. The fourth-order valence-electron chi connectivity index (χ4n) is 1.06. The van der Waals surface area contributed by atoms with Crippen LogP contribution < -0.4 is 10.1 Å². The Morgan fingerprint density at radius 2 is 2.27 bits per heavy atom. The van der Waals surface area contributed by atoms with Gasteiger partial charge in [-0.05, 0) is 12.1 Å². The zero-order chi connectivity index (χ0) is 10.5. The number of nitrogens with zero attached hydrogens (tertiary/aromatic N) is 3. The molecule has 5 heteroatoms. The van der Waals surface area contributed by atoms with Crippen molar-refractivity contribution in [1.29, 1.82) is 0 Å². The van der Waals surface area contributed by atoms with Crippen LogP contribution in [0, 0.1) is 0 Å². The minimum atomic E-state index is 0.488. The van der Waals surface area contributed by atoms with Gasteiger partial charge in [0.2, 0.25) is 5.88 Å². The lowest BCUT2D eigenvalue weighted by Gasteiger charge is -2.04. The molecular formula is C10H10N4O. The van der Waals surface area contributed by atoms with Crippen molar-refractivity contribution >= 4 is 5.82 Å². The third-order valence-corrected chi connectivity index (χ3v) is 1.75. The Morgan fingerprint density at radius 1 is 1.33 bits per heavy atom. The van der Waals surface area contributed by atoms with Crippen molar-refractivity contribution in [3.8, 4) is 11.6 Å². The Labute approximate surface area is 87.2 Å². The lowest BCUT2D eigenvalue weighted by atomic mass is 10.4. The average molecular weight is 202 g/mol. The Morgan fingerprint density at radius 3 is 3.00 bits per heavy atom. The summed E-state index contributed by atoms with van der Waals surface area (Å²) in [6.07, 6.45) is 4.75. The van der Waals surface area contributed by atoms with Gasteiger partial charge >= 0.3 is 0 Å². The topological polar surface area (TPSA) is 59.9 Å². The van der Waals surface area contributed by atoms with E-state index in [2.05, 4.69) is 20.3 Å². The van der Waals surface area contributed by atoms with Gasteiger partial charge in [-0.3, -0.25) is 4.98 Å². The summed E-state index contributed by atoms with van der Waals surface area (Å²) in [4.78, 5) is 11.9. The van der Waals surface area contributed by atoms with Gasteiger partial charge in [0, 0.05) is 19.3 Å². The number of aromatic nitrogens is 3. The fourth-order valence-corrected chi connectivity index (χ4v) is 1.06. The summed E-state index contributed by atoms with van der Waals surface area (Å²) in [7, 11) is 1.79. The van der Waals surface area contributed by atoms with Gasteiger partial charge in [-0.1, -0.05) is 0 Å². The Kier molecular flexibility index (Phi) is 2.73. The van der Waals surface area contributed by atoms with Gasteiger partial charge in [0.25, 0.3) is 0 Å². The summed E-state index contributed by atoms with van der Waals surface area (Å²) in [5.74, 6) is 1.85. The summed E-state index contributed by atoms with van der Waals surface area (Å²) in [5.41, 5.74) is 0. The molecule has 0 aliphatic heterocycles. The molecule has 0 saturated heterocycles. The lowest BCUT2D eigenvalue weighted by molar-refractivity contribution is 0.460. The monoisotopic (exact) mass is 202 g/mol. The van der Waals surface area contributed by atoms with Gasteiger partial charge in [-0.2, -0.15) is 0 Å². The first-order chi connectivity index (χ1) is 7.38. The molecular weight excluding hydrogens is 192 g/mol. The van der Waals surface area contributed by atoms with E-state index in [1.807, 2.05) is 6.07 Å². The molecule has 0 spiro atoms. The number of pyridine rings is 1. The van der Waals surface area contributed by atoms with Crippen LogP contribution in [-0.4, -0.2) is 22.0 Å². The molecule has 2 heterocycles. The molecule has 0 bridgehead atoms. The first-order valence-corrected chi connectivity index (χ1v) is 4.46. The molecule has 1 N–H and O–H groups in total. The SMILES string of the molecule is CNc1cc(Oc2cccnc2)ncn1. The van der Waals surface area contributed by atoms with E-state index in [-0.39, 0.29) is 0 Å². The Bertz CT molecular complexity index is 432. The van der Waals surface area contributed by atoms with Crippen LogP contribution in [0.5, 0.6) is 11.6 Å². The van der Waals surface area contributed by atoms with Crippen molar-refractivity contribution in [2.24, 2.45) is 0 Å². The minimum Gasteiger partial charge on any atom is -0.437 e. The van der Waals surface area contributed by atoms with Crippen molar-refractivity contribution in [3.05, 3.63) is 36.9 Å². The molecule has 0 radical (unpaired) electrons. The van der Waals surface area contributed by atoms with E-state index in [0.717, 1.165) is 0 Å². The summed E-state index contributed by atoms with van der Waals surface area (Å²) < 4.78 is 5.47. The zero-order valence-corrected chi connectivity index (χ0v) is 8.21. The van der Waals surface area contributed by atoms with Crippen molar-refractivity contribution in [2.75, 3.05) is 12.4 Å². The van der Waals surface area contributed by atoms with Gasteiger partial charge in [-0.25, -0.2) is 9.97 Å². The number of anilines is 1. The third-order valence-electron chi connectivity index (χ3n) is 1.75. The van der Waals surface area contributed by atoms with E-state index >= 15 is 0 Å². The van der Waals surface area contributed by atoms with Crippen LogP contribution in [0.25, 0.3) is 0 Å². The van der Waals surface area contributed by atoms with Crippen LogP contribution >= 0.6 is 0 Å². The van der Waals surface area contributed by atoms with Crippen LogP contribution in [0.1, 0.15) is 0 Å². The van der Waals surface area contributed by atoms with E-state index < -0.39 is 0 Å². The highest BCUT2D eigenvalue weighted by Crippen LogP contribution is 2.18. The van der Waals surface area contributed by atoms with Gasteiger partial charge in [0.1, 0.15) is 17.9 Å². The van der Waals surface area contributed by atoms with E-state index in [1.165, 1.54) is 6.33 Å². The maximum Gasteiger partial charge on any atom is 0.224 e. The smallest absolute Gasteiger partial charge is 0.224 e. The van der Waals surface area contributed by atoms with Crippen molar-refractivity contribution in [3.63, 3.8) is 0 Å². The van der Waals surface area contributed by atoms with E-state index in [9.17, 15) is 0 Å². The lowest BCUT2D eigenvalue weighted by Crippen LogP contribution is -1.94. The van der Waals surface area contributed by atoms with E-state index in [4.69, 9.17) is 4.74 Å². The van der Waals surface area contributed by atoms with Gasteiger partial charge in [0.15, 0.2) is 0 Å². The van der Waals surface area contributed by atoms with Crippen molar-refractivity contribution in [1.82, 2.24) is 15.0 Å². The number of ether oxygens (including phenoxy) is 1. The molecule has 2 aromatic heterocycles. The quantitative estimate of drug-likeness (QED) is 0.820. The Hall–Kier alpha value is -2.17. The predicted octanol–water partition coefficient (Wildman–Crippen LogP) is 1.71. The van der Waals surface area contributed by atoms with Gasteiger partial charge < -0.3 is 10.1 Å². The number of hydrogen-bond donors (Lipinski definition) is 1. The molecule has 0 aliphatic rings. The molecule has 0 aromatic carbocycles.